The van der Waals surface area contributed by atoms with Crippen molar-refractivity contribution in [3.63, 3.8) is 0 Å². The maximum Gasteiger partial charge on any atom is 0.254 e. The summed E-state index contributed by atoms with van der Waals surface area (Å²) < 4.78 is 0. The van der Waals surface area contributed by atoms with Gasteiger partial charge in [-0.15, -0.1) is 0 Å². The van der Waals surface area contributed by atoms with Crippen LogP contribution >= 0.6 is 0 Å². The number of H-pyrrole nitrogens is 1. The summed E-state index contributed by atoms with van der Waals surface area (Å²) >= 11 is 0. The number of carbonyl (C=O) groups excluding carboxylic acids is 2. The monoisotopic (exact) mass is 413 g/mol. The van der Waals surface area contributed by atoms with E-state index in [2.05, 4.69) is 21.6 Å². The lowest BCUT2D eigenvalue weighted by Crippen LogP contribution is -2.47. The van der Waals surface area contributed by atoms with Crippen molar-refractivity contribution in [1.29, 1.82) is 5.26 Å². The average molecular weight is 413 g/mol. The first-order valence-electron chi connectivity index (χ1n) is 10.2. The van der Waals surface area contributed by atoms with Gasteiger partial charge in [0, 0.05) is 29.6 Å². The van der Waals surface area contributed by atoms with Gasteiger partial charge in [0.2, 0.25) is 5.91 Å². The van der Waals surface area contributed by atoms with Crippen molar-refractivity contribution in [3.05, 3.63) is 83.2 Å². The van der Waals surface area contributed by atoms with E-state index in [0.29, 0.717) is 28.9 Å². The highest BCUT2D eigenvalue weighted by Gasteiger charge is 2.44. The lowest BCUT2D eigenvalue weighted by molar-refractivity contribution is -0.119. The van der Waals surface area contributed by atoms with E-state index in [9.17, 15) is 14.9 Å². The van der Waals surface area contributed by atoms with E-state index in [-0.39, 0.29) is 17.7 Å². The van der Waals surface area contributed by atoms with Crippen molar-refractivity contribution in [1.82, 2.24) is 15.1 Å². The van der Waals surface area contributed by atoms with Crippen LogP contribution in [0.4, 0.5) is 5.69 Å². The molecule has 0 fully saturated rings. The molecule has 0 saturated heterocycles. The van der Waals surface area contributed by atoms with Gasteiger partial charge >= 0.3 is 0 Å². The summed E-state index contributed by atoms with van der Waals surface area (Å²) in [5, 5.41) is 19.0. The summed E-state index contributed by atoms with van der Waals surface area (Å²) in [7, 11) is 0. The molecule has 0 saturated carbocycles. The molecule has 7 heteroatoms. The van der Waals surface area contributed by atoms with Crippen molar-refractivity contribution in [3.8, 4) is 6.07 Å². The number of fused-ring (bicyclic) bond motifs is 1. The molecule has 3 aromatic rings. The van der Waals surface area contributed by atoms with Crippen molar-refractivity contribution in [2.75, 3.05) is 11.9 Å². The Bertz CT molecular complexity index is 1150. The van der Waals surface area contributed by atoms with Gasteiger partial charge in [-0.2, -0.15) is 10.4 Å². The van der Waals surface area contributed by atoms with E-state index >= 15 is 0 Å². The molecule has 0 radical (unpaired) electrons. The maximum atomic E-state index is 13.6. The molecule has 1 aliphatic heterocycles. The van der Waals surface area contributed by atoms with Gasteiger partial charge in [-0.1, -0.05) is 38.1 Å². The molecular weight excluding hydrogens is 390 g/mol. The fourth-order valence-electron chi connectivity index (χ4n) is 4.15. The number of aromatic nitrogens is 2. The van der Waals surface area contributed by atoms with E-state index in [0.717, 1.165) is 5.56 Å². The first kappa shape index (κ1) is 20.4. The minimum Gasteiger partial charge on any atom is -0.330 e. The van der Waals surface area contributed by atoms with E-state index in [1.807, 2.05) is 32.0 Å². The van der Waals surface area contributed by atoms with E-state index in [1.165, 1.54) is 0 Å². The van der Waals surface area contributed by atoms with Gasteiger partial charge in [0.05, 0.1) is 29.8 Å². The summed E-state index contributed by atoms with van der Waals surface area (Å²) in [6.07, 6.45) is 3.39. The van der Waals surface area contributed by atoms with Gasteiger partial charge < -0.3 is 10.2 Å². The molecule has 1 aliphatic rings. The number of hydrogen-bond donors (Lipinski definition) is 2. The number of nitrogens with zero attached hydrogens (tertiary/aromatic N) is 3. The first-order chi connectivity index (χ1) is 15.0. The fraction of sp³-hybridized carbons (Fsp3) is 0.250. The van der Waals surface area contributed by atoms with E-state index < -0.39 is 12.0 Å². The van der Waals surface area contributed by atoms with Crippen LogP contribution in [-0.2, 0) is 4.79 Å². The largest absolute Gasteiger partial charge is 0.330 e. The predicted octanol–water partition coefficient (Wildman–Crippen LogP) is 3.86. The molecule has 0 unspecified atom stereocenters. The third kappa shape index (κ3) is 3.92. The Morgan fingerprint density at radius 3 is 2.77 bits per heavy atom. The minimum atomic E-state index is -0.629. The Labute approximate surface area is 180 Å². The maximum absolute atomic E-state index is 13.6. The topological polar surface area (TPSA) is 102 Å². The van der Waals surface area contributed by atoms with Crippen molar-refractivity contribution in [2.45, 2.75) is 25.8 Å². The van der Waals surface area contributed by atoms with Crippen LogP contribution in [0.15, 0.2) is 60.9 Å². The lowest BCUT2D eigenvalue weighted by atomic mass is 9.79. The Morgan fingerprint density at radius 1 is 1.26 bits per heavy atom. The molecular formula is C24H23N5O2. The molecule has 156 valence electrons. The van der Waals surface area contributed by atoms with Crippen LogP contribution in [0.5, 0.6) is 0 Å². The number of benzene rings is 2. The molecule has 2 aromatic carbocycles. The molecule has 2 amide bonds. The fourth-order valence-corrected chi connectivity index (χ4v) is 4.15. The standard InChI is InChI=1S/C24H23N5O2/c1-15(2)14-29-22(17-12-26-27-13-17)21(19-8-3-4-9-20(19)24(29)31)23(30)28-18-7-5-6-16(10-18)11-25/h3-10,12-13,15,21-22H,14H2,1-2H3,(H,26,27)(H,28,30)/t21-,22+/m0/s1. The highest BCUT2D eigenvalue weighted by atomic mass is 16.2. The van der Waals surface area contributed by atoms with Gasteiger partial charge in [-0.25, -0.2) is 0 Å². The second-order valence-corrected chi connectivity index (χ2v) is 8.07. The smallest absolute Gasteiger partial charge is 0.254 e. The number of amides is 2. The van der Waals surface area contributed by atoms with Gasteiger partial charge in [0.1, 0.15) is 0 Å². The zero-order valence-electron chi connectivity index (χ0n) is 17.4. The second kappa shape index (κ2) is 8.44. The summed E-state index contributed by atoms with van der Waals surface area (Å²) in [5.74, 6) is -0.739. The number of nitriles is 1. The van der Waals surface area contributed by atoms with Crippen LogP contribution in [0.3, 0.4) is 0 Å². The van der Waals surface area contributed by atoms with Crippen LogP contribution in [0, 0.1) is 17.2 Å². The number of hydrogen-bond acceptors (Lipinski definition) is 4. The minimum absolute atomic E-state index is 0.0916. The number of carbonyl (C=O) groups is 2. The number of aromatic amines is 1. The Morgan fingerprint density at radius 2 is 2.06 bits per heavy atom. The van der Waals surface area contributed by atoms with Crippen LogP contribution in [0.1, 0.15) is 52.9 Å². The van der Waals surface area contributed by atoms with Crippen molar-refractivity contribution in [2.24, 2.45) is 5.92 Å². The van der Waals surface area contributed by atoms with Crippen molar-refractivity contribution >= 4 is 17.5 Å². The lowest BCUT2D eigenvalue weighted by Gasteiger charge is -2.42. The second-order valence-electron chi connectivity index (χ2n) is 8.07. The Kier molecular flexibility index (Phi) is 5.54. The molecule has 0 aliphatic carbocycles. The molecule has 4 rings (SSSR count). The first-order valence-corrected chi connectivity index (χ1v) is 10.2. The number of rotatable bonds is 5. The number of nitrogens with one attached hydrogen (secondary N) is 2. The quantitative estimate of drug-likeness (QED) is 0.663. The molecule has 0 spiro atoms. The molecule has 2 N–H and O–H groups in total. The summed E-state index contributed by atoms with van der Waals surface area (Å²) in [6.45, 7) is 4.60. The van der Waals surface area contributed by atoms with Gasteiger partial charge in [0.25, 0.3) is 5.91 Å². The van der Waals surface area contributed by atoms with Gasteiger partial charge in [-0.3, -0.25) is 14.7 Å². The molecule has 0 bridgehead atoms. The Balaban J connectivity index is 1.81. The van der Waals surface area contributed by atoms with Crippen LogP contribution in [-0.4, -0.2) is 33.5 Å². The highest BCUT2D eigenvalue weighted by molar-refractivity contribution is 6.04. The normalized spacial score (nSPS) is 17.9. The average Bonchev–Trinajstić information content (AvgIpc) is 3.29. The van der Waals surface area contributed by atoms with E-state index in [4.69, 9.17) is 0 Å². The van der Waals surface area contributed by atoms with E-state index in [1.54, 1.807) is 47.6 Å². The molecule has 7 nitrogen and oxygen atoms in total. The molecule has 2 heterocycles. The third-order valence-electron chi connectivity index (χ3n) is 5.40. The zero-order valence-corrected chi connectivity index (χ0v) is 17.4. The number of anilines is 1. The third-order valence-corrected chi connectivity index (χ3v) is 5.40. The predicted molar refractivity (Wildman–Crippen MR) is 116 cm³/mol. The summed E-state index contributed by atoms with van der Waals surface area (Å²) in [5.41, 5.74) is 3.00. The molecule has 1 aromatic heterocycles. The zero-order chi connectivity index (χ0) is 22.0. The summed E-state index contributed by atoms with van der Waals surface area (Å²) in [6, 6.07) is 15.6. The van der Waals surface area contributed by atoms with Gasteiger partial charge in [-0.05, 0) is 35.7 Å². The SMILES string of the molecule is CC(C)CN1C(=O)c2ccccc2[C@H](C(=O)Nc2cccc(C#N)c2)[C@H]1c1cn[nH]c1. The highest BCUT2D eigenvalue weighted by Crippen LogP contribution is 2.43. The van der Waals surface area contributed by atoms with Crippen molar-refractivity contribution < 1.29 is 9.59 Å². The molecule has 2 atom stereocenters. The van der Waals surface area contributed by atoms with Crippen LogP contribution in [0.25, 0.3) is 0 Å². The Hall–Kier alpha value is -3.92. The molecule has 31 heavy (non-hydrogen) atoms. The van der Waals surface area contributed by atoms with Crippen LogP contribution in [0.2, 0.25) is 0 Å². The van der Waals surface area contributed by atoms with Gasteiger partial charge in [0.15, 0.2) is 0 Å². The summed E-state index contributed by atoms with van der Waals surface area (Å²) in [4.78, 5) is 28.8. The van der Waals surface area contributed by atoms with Crippen LogP contribution < -0.4 is 5.32 Å².